The topological polar surface area (TPSA) is 66.4 Å². The standard InChI is InChI=1S/C10H16F3NO3S/c1-3-6(2)8(9(16)17)14-7(15)4-18-5-10(11,12)13/h6,8H,3-5H2,1-2H3,(H,14,15)(H,16,17)/t6-,8-/m0/s1. The third kappa shape index (κ3) is 7.41. The van der Waals surface area contributed by atoms with Gasteiger partial charge in [0.1, 0.15) is 6.04 Å². The van der Waals surface area contributed by atoms with E-state index < -0.39 is 35.6 Å². The molecule has 0 saturated heterocycles. The smallest absolute Gasteiger partial charge is 0.397 e. The lowest BCUT2D eigenvalue weighted by Crippen LogP contribution is -2.45. The van der Waals surface area contributed by atoms with Crippen molar-refractivity contribution in [2.75, 3.05) is 11.5 Å². The summed E-state index contributed by atoms with van der Waals surface area (Å²) in [5, 5.41) is 11.1. The lowest BCUT2D eigenvalue weighted by Gasteiger charge is -2.20. The molecule has 0 fully saturated rings. The monoisotopic (exact) mass is 287 g/mol. The van der Waals surface area contributed by atoms with E-state index in [0.717, 1.165) is 0 Å². The molecule has 0 aromatic rings. The summed E-state index contributed by atoms with van der Waals surface area (Å²) in [7, 11) is 0. The molecule has 106 valence electrons. The molecular formula is C10H16F3NO3S. The summed E-state index contributed by atoms with van der Waals surface area (Å²) in [5.41, 5.74) is 0. The van der Waals surface area contributed by atoms with Crippen LogP contribution in [0, 0.1) is 5.92 Å². The fraction of sp³-hybridized carbons (Fsp3) is 0.800. The molecular weight excluding hydrogens is 271 g/mol. The maximum absolute atomic E-state index is 11.8. The van der Waals surface area contributed by atoms with Gasteiger partial charge in [0, 0.05) is 0 Å². The number of carboxylic acid groups (broad SMARTS) is 1. The first-order valence-electron chi connectivity index (χ1n) is 5.34. The number of nitrogens with one attached hydrogen (secondary N) is 1. The van der Waals surface area contributed by atoms with E-state index in [2.05, 4.69) is 5.32 Å². The van der Waals surface area contributed by atoms with E-state index in [1.54, 1.807) is 13.8 Å². The van der Waals surface area contributed by atoms with Crippen molar-refractivity contribution in [2.45, 2.75) is 32.5 Å². The molecule has 18 heavy (non-hydrogen) atoms. The molecule has 0 aromatic heterocycles. The molecule has 0 bridgehead atoms. The Labute approximate surface area is 107 Å². The summed E-state index contributed by atoms with van der Waals surface area (Å²) in [5.74, 6) is -3.68. The van der Waals surface area contributed by atoms with Gasteiger partial charge in [0.15, 0.2) is 0 Å². The van der Waals surface area contributed by atoms with E-state index in [0.29, 0.717) is 18.2 Å². The lowest BCUT2D eigenvalue weighted by atomic mass is 9.99. The van der Waals surface area contributed by atoms with E-state index in [1.807, 2.05) is 0 Å². The average molecular weight is 287 g/mol. The Balaban J connectivity index is 4.15. The molecule has 0 heterocycles. The van der Waals surface area contributed by atoms with Crippen LogP contribution in [0.1, 0.15) is 20.3 Å². The molecule has 4 nitrogen and oxygen atoms in total. The minimum atomic E-state index is -4.33. The van der Waals surface area contributed by atoms with Crippen LogP contribution in [0.3, 0.4) is 0 Å². The summed E-state index contributed by atoms with van der Waals surface area (Å²) in [6.45, 7) is 3.42. The largest absolute Gasteiger partial charge is 0.480 e. The molecule has 0 aliphatic carbocycles. The minimum absolute atomic E-state index is 0.279. The van der Waals surface area contributed by atoms with Crippen molar-refractivity contribution < 1.29 is 27.9 Å². The first-order valence-corrected chi connectivity index (χ1v) is 6.49. The zero-order valence-corrected chi connectivity index (χ0v) is 10.9. The molecule has 2 atom stereocenters. The SMILES string of the molecule is CC[C@H](C)[C@H](NC(=O)CSCC(F)(F)F)C(=O)O. The zero-order chi connectivity index (χ0) is 14.3. The third-order valence-corrected chi connectivity index (χ3v) is 3.29. The highest BCUT2D eigenvalue weighted by Gasteiger charge is 2.28. The molecule has 0 aliphatic heterocycles. The number of amides is 1. The fourth-order valence-corrected chi connectivity index (χ4v) is 1.76. The second-order valence-electron chi connectivity index (χ2n) is 3.88. The van der Waals surface area contributed by atoms with Gasteiger partial charge in [-0.05, 0) is 5.92 Å². The number of thioether (sulfide) groups is 1. The highest BCUT2D eigenvalue weighted by molar-refractivity contribution is 8.00. The molecule has 1 amide bonds. The summed E-state index contributed by atoms with van der Waals surface area (Å²) < 4.78 is 35.5. The molecule has 0 aromatic carbocycles. The van der Waals surface area contributed by atoms with Gasteiger partial charge in [-0.2, -0.15) is 13.2 Å². The summed E-state index contributed by atoms with van der Waals surface area (Å²) in [4.78, 5) is 22.2. The Morgan fingerprint density at radius 2 is 1.94 bits per heavy atom. The van der Waals surface area contributed by atoms with E-state index in [-0.39, 0.29) is 5.92 Å². The number of carbonyl (C=O) groups excluding carboxylic acids is 1. The van der Waals surface area contributed by atoms with Crippen LogP contribution in [-0.4, -0.2) is 40.7 Å². The number of rotatable bonds is 7. The quantitative estimate of drug-likeness (QED) is 0.750. The fourth-order valence-electron chi connectivity index (χ4n) is 1.16. The number of hydrogen-bond donors (Lipinski definition) is 2. The van der Waals surface area contributed by atoms with Crippen LogP contribution in [0.2, 0.25) is 0 Å². The lowest BCUT2D eigenvalue weighted by molar-refractivity contribution is -0.143. The molecule has 0 spiro atoms. The van der Waals surface area contributed by atoms with Gasteiger partial charge in [-0.3, -0.25) is 4.79 Å². The number of hydrogen-bond acceptors (Lipinski definition) is 3. The van der Waals surface area contributed by atoms with Gasteiger partial charge in [0.25, 0.3) is 0 Å². The van der Waals surface area contributed by atoms with Crippen LogP contribution in [0.25, 0.3) is 0 Å². The van der Waals surface area contributed by atoms with Crippen molar-refractivity contribution in [1.29, 1.82) is 0 Å². The number of carboxylic acids is 1. The van der Waals surface area contributed by atoms with Gasteiger partial charge in [0.05, 0.1) is 11.5 Å². The molecule has 2 N–H and O–H groups in total. The normalized spacial score (nSPS) is 14.9. The van der Waals surface area contributed by atoms with Crippen molar-refractivity contribution in [1.82, 2.24) is 5.32 Å². The van der Waals surface area contributed by atoms with Gasteiger partial charge in [-0.25, -0.2) is 4.79 Å². The molecule has 0 rings (SSSR count). The predicted molar refractivity (Wildman–Crippen MR) is 62.4 cm³/mol. The highest BCUT2D eigenvalue weighted by atomic mass is 32.2. The summed E-state index contributed by atoms with van der Waals surface area (Å²) in [6, 6.07) is -1.06. The molecule has 0 radical (unpaired) electrons. The first-order chi connectivity index (χ1) is 8.17. The van der Waals surface area contributed by atoms with Gasteiger partial charge in [-0.1, -0.05) is 20.3 Å². The highest BCUT2D eigenvalue weighted by Crippen LogP contribution is 2.20. The van der Waals surface area contributed by atoms with Crippen LogP contribution in [-0.2, 0) is 9.59 Å². The number of carbonyl (C=O) groups is 2. The number of aliphatic carboxylic acids is 1. The predicted octanol–water partition coefficient (Wildman–Crippen LogP) is 1.90. The Hall–Kier alpha value is -0.920. The van der Waals surface area contributed by atoms with Gasteiger partial charge in [0.2, 0.25) is 5.91 Å². The summed E-state index contributed by atoms with van der Waals surface area (Å²) in [6.07, 6.45) is -3.78. The molecule has 8 heteroatoms. The van der Waals surface area contributed by atoms with Crippen molar-refractivity contribution in [3.63, 3.8) is 0 Å². The number of halogens is 3. The van der Waals surface area contributed by atoms with Crippen molar-refractivity contribution >= 4 is 23.6 Å². The van der Waals surface area contributed by atoms with Gasteiger partial charge in [-0.15, -0.1) is 11.8 Å². The van der Waals surface area contributed by atoms with Crippen LogP contribution in [0.15, 0.2) is 0 Å². The van der Waals surface area contributed by atoms with E-state index in [4.69, 9.17) is 5.11 Å². The van der Waals surface area contributed by atoms with Crippen LogP contribution >= 0.6 is 11.8 Å². The Morgan fingerprint density at radius 1 is 1.39 bits per heavy atom. The van der Waals surface area contributed by atoms with E-state index in [9.17, 15) is 22.8 Å². The zero-order valence-electron chi connectivity index (χ0n) is 10.1. The maximum Gasteiger partial charge on any atom is 0.397 e. The van der Waals surface area contributed by atoms with Crippen molar-refractivity contribution in [2.24, 2.45) is 5.92 Å². The molecule has 0 unspecified atom stereocenters. The van der Waals surface area contributed by atoms with Gasteiger partial charge >= 0.3 is 12.1 Å². The second kappa shape index (κ2) is 7.50. The van der Waals surface area contributed by atoms with Crippen LogP contribution < -0.4 is 5.32 Å². The maximum atomic E-state index is 11.8. The average Bonchev–Trinajstić information content (AvgIpc) is 2.22. The molecule has 0 aliphatic rings. The van der Waals surface area contributed by atoms with E-state index >= 15 is 0 Å². The first kappa shape index (κ1) is 17.1. The van der Waals surface area contributed by atoms with Crippen LogP contribution in [0.5, 0.6) is 0 Å². The minimum Gasteiger partial charge on any atom is -0.480 e. The van der Waals surface area contributed by atoms with Crippen molar-refractivity contribution in [3.05, 3.63) is 0 Å². The molecule has 0 saturated carbocycles. The Kier molecular flexibility index (Phi) is 7.12. The van der Waals surface area contributed by atoms with E-state index in [1.165, 1.54) is 0 Å². The Morgan fingerprint density at radius 3 is 2.33 bits per heavy atom. The number of alkyl halides is 3. The van der Waals surface area contributed by atoms with Gasteiger partial charge < -0.3 is 10.4 Å². The third-order valence-electron chi connectivity index (χ3n) is 2.29. The Bertz CT molecular complexity index is 297. The summed E-state index contributed by atoms with van der Waals surface area (Å²) >= 11 is 0.411. The van der Waals surface area contributed by atoms with Crippen LogP contribution in [0.4, 0.5) is 13.2 Å². The second-order valence-corrected chi connectivity index (χ2v) is 4.86. The van der Waals surface area contributed by atoms with Crippen molar-refractivity contribution in [3.8, 4) is 0 Å².